The highest BCUT2D eigenvalue weighted by molar-refractivity contribution is 7.98. The van der Waals surface area contributed by atoms with E-state index in [4.69, 9.17) is 33.7 Å². The number of carbonyl (C=O) groups is 1. The van der Waals surface area contributed by atoms with Gasteiger partial charge >= 0.3 is 6.09 Å². The highest BCUT2D eigenvalue weighted by atomic mass is 32.2. The number of ether oxygens (including phenoxy) is 5. The van der Waals surface area contributed by atoms with E-state index in [9.17, 15) is 14.6 Å². The van der Waals surface area contributed by atoms with E-state index in [0.717, 1.165) is 80.2 Å². The lowest BCUT2D eigenvalue weighted by Crippen LogP contribution is -2.70. The molecule has 1 unspecified atom stereocenters. The van der Waals surface area contributed by atoms with Crippen LogP contribution in [0.3, 0.4) is 0 Å². The summed E-state index contributed by atoms with van der Waals surface area (Å²) in [7, 11) is 0. The van der Waals surface area contributed by atoms with Crippen LogP contribution in [0, 0.1) is 23.6 Å². The van der Waals surface area contributed by atoms with Gasteiger partial charge in [-0.1, -0.05) is 107 Å². The number of hydrogen-bond acceptors (Lipinski definition) is 11. The van der Waals surface area contributed by atoms with Gasteiger partial charge < -0.3 is 38.7 Å². The fourth-order valence-electron chi connectivity index (χ4n) is 11.3. The Morgan fingerprint density at radius 1 is 0.889 bits per heavy atom. The number of aliphatic hydroxyl groups excluding tert-OH is 2. The first-order valence-electron chi connectivity index (χ1n) is 27.2. The lowest BCUT2D eigenvalue weighted by atomic mass is 9.55. The molecule has 4 aliphatic rings. The van der Waals surface area contributed by atoms with Crippen LogP contribution in [0.15, 0.2) is 101 Å². The predicted octanol–water partition coefficient (Wildman–Crippen LogP) is 14.1. The number of unbranched alkanes of at least 4 members (excludes halogenated alkanes) is 11. The van der Waals surface area contributed by atoms with Gasteiger partial charge in [0.2, 0.25) is 12.1 Å². The number of allylic oxidation sites excluding steroid dienone is 1. The third-order valence-corrected chi connectivity index (χ3v) is 15.7. The molecule has 2 aliphatic heterocycles. The van der Waals surface area contributed by atoms with Crippen molar-refractivity contribution in [2.45, 2.75) is 171 Å². The molecule has 0 radical (unpaired) electrons. The molecule has 0 spiro atoms. The van der Waals surface area contributed by atoms with Crippen LogP contribution in [0.1, 0.15) is 152 Å². The van der Waals surface area contributed by atoms with Gasteiger partial charge in [0.1, 0.15) is 29.1 Å². The number of benzene rings is 3. The van der Waals surface area contributed by atoms with Gasteiger partial charge in [0.15, 0.2) is 0 Å². The number of oxime groups is 1. The first-order valence-corrected chi connectivity index (χ1v) is 28.4. The van der Waals surface area contributed by atoms with E-state index in [1.54, 1.807) is 34.9 Å². The normalized spacial score (nSPS) is 23.8. The Kier molecular flexibility index (Phi) is 22.2. The fourth-order valence-corrected chi connectivity index (χ4v) is 11.7. The van der Waals surface area contributed by atoms with Crippen molar-refractivity contribution in [1.29, 1.82) is 0 Å². The molecule has 11 nitrogen and oxygen atoms in total. The summed E-state index contributed by atoms with van der Waals surface area (Å²) in [5.74, 6) is -0.619. The van der Waals surface area contributed by atoms with Crippen LogP contribution in [-0.2, 0) is 25.6 Å². The number of halogens is 1. The molecule has 1 saturated carbocycles. The summed E-state index contributed by atoms with van der Waals surface area (Å²) in [6, 6.07) is 19.4. The standard InChI is InChI=1S/C59H81FN2O9S/c1-4-6-7-8-9-10-11-12-13-19-38-67-58(65)62(42-43-24-26-45(60)27-25-43)54-41-52(61-71-55-23-16-20-37-66-55)50-39-44(21-14-17-34-63)49(22-15-18-35-64)56-51-40-47(69-46-28-31-48(72-3)32-29-46)30-33-53(51)70-59(54,57(50)56)68-36-5-2/h5,24-33,39-40,44,49,54-57,63-64H,2,4,6-23,34-38,41-42H2,1,3H3/t44-,49+,54-,55?,56+,57+,59+/m0/s1. The Morgan fingerprint density at radius 3 is 2.28 bits per heavy atom. The van der Waals surface area contributed by atoms with Gasteiger partial charge in [0.05, 0.1) is 31.5 Å². The maximum atomic E-state index is 15.1. The Morgan fingerprint density at radius 2 is 1.60 bits per heavy atom. The van der Waals surface area contributed by atoms with Gasteiger partial charge in [-0.05, 0) is 129 Å². The predicted molar refractivity (Wildman–Crippen MR) is 283 cm³/mol. The van der Waals surface area contributed by atoms with Gasteiger partial charge in [0.25, 0.3) is 0 Å². The fraction of sp³-hybridized carbons (Fsp3) is 0.593. The highest BCUT2D eigenvalue weighted by Crippen LogP contribution is 2.62. The van der Waals surface area contributed by atoms with Crippen LogP contribution >= 0.6 is 11.8 Å². The molecule has 0 bridgehead atoms. The van der Waals surface area contributed by atoms with Crippen molar-refractivity contribution >= 4 is 23.6 Å². The molecule has 3 aromatic rings. The van der Waals surface area contributed by atoms with Crippen molar-refractivity contribution < 1.29 is 47.9 Å². The van der Waals surface area contributed by atoms with Crippen LogP contribution < -0.4 is 9.47 Å². The second kappa shape index (κ2) is 28.9. The number of rotatable bonds is 30. The lowest BCUT2D eigenvalue weighted by molar-refractivity contribution is -0.256. The minimum Gasteiger partial charge on any atom is -0.459 e. The third-order valence-electron chi connectivity index (χ3n) is 15.0. The molecule has 394 valence electrons. The van der Waals surface area contributed by atoms with Crippen molar-refractivity contribution in [3.8, 4) is 17.2 Å². The van der Waals surface area contributed by atoms with Gasteiger partial charge in [-0.25, -0.2) is 9.18 Å². The molecule has 13 heteroatoms. The van der Waals surface area contributed by atoms with Crippen molar-refractivity contribution in [2.24, 2.45) is 22.9 Å². The van der Waals surface area contributed by atoms with E-state index in [2.05, 4.69) is 25.6 Å². The summed E-state index contributed by atoms with van der Waals surface area (Å²) in [5, 5.41) is 25.1. The van der Waals surface area contributed by atoms with E-state index in [1.165, 1.54) is 50.7 Å². The number of aliphatic hydroxyl groups is 2. The van der Waals surface area contributed by atoms with Crippen molar-refractivity contribution in [1.82, 2.24) is 4.90 Å². The summed E-state index contributed by atoms with van der Waals surface area (Å²) >= 11 is 1.67. The molecular formula is C59H81FN2O9S. The SMILES string of the molecule is C=CCO[C@@]12Oc3ccc(Oc4ccc(SC)cc4)cc3[C@H]3[C@H](CCCCO)[C@@H](CCCCO)C=C(C(=NOC4CCCCO4)C[C@@H]1N(Cc1ccc(F)cc1)C(=O)OCCCCCCCCCCCC)[C@H]32. The molecule has 0 aromatic heterocycles. The summed E-state index contributed by atoms with van der Waals surface area (Å²) in [6.07, 6.45) is 23.9. The lowest BCUT2D eigenvalue weighted by Gasteiger charge is -2.60. The molecular weight excluding hydrogens is 932 g/mol. The topological polar surface area (TPSA) is 129 Å². The van der Waals surface area contributed by atoms with Gasteiger partial charge in [-0.3, -0.25) is 4.90 Å². The minimum atomic E-state index is -1.50. The van der Waals surface area contributed by atoms with Crippen LogP contribution in [0.25, 0.3) is 0 Å². The van der Waals surface area contributed by atoms with Crippen LogP contribution in [0.4, 0.5) is 9.18 Å². The Hall–Kier alpha value is -4.40. The number of nitrogens with zero attached hydrogens (tertiary/aromatic N) is 2. The molecule has 7 atom stereocenters. The summed E-state index contributed by atoms with van der Waals surface area (Å²) in [4.78, 5) is 24.3. The third kappa shape index (κ3) is 14.7. The average molecular weight is 1010 g/mol. The smallest absolute Gasteiger partial charge is 0.410 e. The molecule has 3 aromatic carbocycles. The zero-order valence-corrected chi connectivity index (χ0v) is 43.8. The zero-order chi connectivity index (χ0) is 50.5. The van der Waals surface area contributed by atoms with Crippen LogP contribution in [0.2, 0.25) is 0 Å². The molecule has 1 amide bonds. The zero-order valence-electron chi connectivity index (χ0n) is 43.0. The number of fused-ring (bicyclic) bond motifs is 2. The van der Waals surface area contributed by atoms with E-state index >= 15 is 4.79 Å². The van der Waals surface area contributed by atoms with Gasteiger partial charge in [0, 0.05) is 49.0 Å². The number of hydrogen-bond donors (Lipinski definition) is 2. The molecule has 2 fully saturated rings. The molecule has 72 heavy (non-hydrogen) atoms. The Bertz CT molecular complexity index is 2180. The van der Waals surface area contributed by atoms with Gasteiger partial charge in [-0.2, -0.15) is 0 Å². The first-order chi connectivity index (χ1) is 35.3. The van der Waals surface area contributed by atoms with Crippen molar-refractivity contribution in [3.05, 3.63) is 108 Å². The molecule has 2 heterocycles. The van der Waals surface area contributed by atoms with E-state index in [-0.39, 0.29) is 63.0 Å². The van der Waals surface area contributed by atoms with Crippen molar-refractivity contribution in [3.63, 3.8) is 0 Å². The molecule has 2 aliphatic carbocycles. The maximum absolute atomic E-state index is 15.1. The van der Waals surface area contributed by atoms with Crippen molar-refractivity contribution in [2.75, 3.05) is 39.3 Å². The summed E-state index contributed by atoms with van der Waals surface area (Å²) in [5.41, 5.74) is 3.26. The average Bonchev–Trinajstić information content (AvgIpc) is 3.40. The molecule has 1 saturated heterocycles. The maximum Gasteiger partial charge on any atom is 0.410 e. The summed E-state index contributed by atoms with van der Waals surface area (Å²) in [6.45, 7) is 7.54. The number of thioether (sulfide) groups is 1. The largest absolute Gasteiger partial charge is 0.459 e. The summed E-state index contributed by atoms with van der Waals surface area (Å²) < 4.78 is 48.1. The highest BCUT2D eigenvalue weighted by Gasteiger charge is 2.66. The second-order valence-electron chi connectivity index (χ2n) is 20.0. The van der Waals surface area contributed by atoms with Crippen LogP contribution in [-0.4, -0.2) is 84.3 Å². The number of amides is 1. The van der Waals surface area contributed by atoms with E-state index in [1.807, 2.05) is 42.7 Å². The van der Waals surface area contributed by atoms with Gasteiger partial charge in [-0.15, -0.1) is 18.3 Å². The monoisotopic (exact) mass is 1010 g/mol. The van der Waals surface area contributed by atoms with E-state index < -0.39 is 30.1 Å². The van der Waals surface area contributed by atoms with Crippen LogP contribution in [0.5, 0.6) is 17.2 Å². The molecule has 7 rings (SSSR count). The second-order valence-corrected chi connectivity index (χ2v) is 20.9. The Labute approximate surface area is 432 Å². The number of carbonyl (C=O) groups excluding carboxylic acids is 1. The minimum absolute atomic E-state index is 0.0194. The Balaban J connectivity index is 1.33. The first kappa shape index (κ1) is 55.4. The quantitative estimate of drug-likeness (QED) is 0.0288. The molecule has 2 N–H and O–H groups in total. The van der Waals surface area contributed by atoms with E-state index in [0.29, 0.717) is 54.4 Å².